The number of piperidine rings is 1. The number of amides is 1. The largest absolute Gasteiger partial charge is 0.373 e. The van der Waals surface area contributed by atoms with Gasteiger partial charge in [-0.25, -0.2) is 8.42 Å². The van der Waals surface area contributed by atoms with E-state index in [0.717, 1.165) is 25.9 Å². The van der Waals surface area contributed by atoms with E-state index < -0.39 is 9.84 Å². The summed E-state index contributed by atoms with van der Waals surface area (Å²) in [5.74, 6) is -0.121. The highest BCUT2D eigenvalue weighted by molar-refractivity contribution is 7.90. The molecule has 1 atom stereocenters. The molecule has 6 nitrogen and oxygen atoms in total. The Morgan fingerprint density at radius 1 is 1.33 bits per heavy atom. The molecular formula is C14H26N2O4S. The van der Waals surface area contributed by atoms with E-state index in [1.165, 1.54) is 6.26 Å². The van der Waals surface area contributed by atoms with Gasteiger partial charge in [0.15, 0.2) is 0 Å². The fourth-order valence-electron chi connectivity index (χ4n) is 3.09. The first-order valence-electron chi connectivity index (χ1n) is 7.47. The van der Waals surface area contributed by atoms with Gasteiger partial charge in [0, 0.05) is 31.8 Å². The second-order valence-electron chi connectivity index (χ2n) is 6.58. The Kier molecular flexibility index (Phi) is 4.95. The van der Waals surface area contributed by atoms with Crippen LogP contribution in [0.5, 0.6) is 0 Å². The van der Waals surface area contributed by atoms with Gasteiger partial charge in [0.1, 0.15) is 9.84 Å². The third-order valence-corrected chi connectivity index (χ3v) is 5.58. The lowest BCUT2D eigenvalue weighted by Gasteiger charge is -2.39. The number of sulfone groups is 1. The first-order chi connectivity index (χ1) is 9.71. The van der Waals surface area contributed by atoms with Crippen LogP contribution in [0.25, 0.3) is 0 Å². The Bertz CT molecular complexity index is 481. The molecule has 1 amide bonds. The first kappa shape index (κ1) is 16.7. The molecule has 0 saturated carbocycles. The smallest absolute Gasteiger partial charge is 0.223 e. The summed E-state index contributed by atoms with van der Waals surface area (Å²) in [6.07, 6.45) is 3.97. The van der Waals surface area contributed by atoms with Crippen LogP contribution in [0.15, 0.2) is 0 Å². The molecular weight excluding hydrogens is 292 g/mol. The van der Waals surface area contributed by atoms with Crippen molar-refractivity contribution in [1.82, 2.24) is 9.80 Å². The van der Waals surface area contributed by atoms with Crippen molar-refractivity contribution in [2.24, 2.45) is 0 Å². The average molecular weight is 318 g/mol. The summed E-state index contributed by atoms with van der Waals surface area (Å²) in [4.78, 5) is 16.0. The summed E-state index contributed by atoms with van der Waals surface area (Å²) in [6.45, 7) is 2.10. The zero-order valence-electron chi connectivity index (χ0n) is 13.2. The maximum absolute atomic E-state index is 12.0. The molecule has 0 N–H and O–H groups in total. The van der Waals surface area contributed by atoms with Crippen molar-refractivity contribution in [2.75, 3.05) is 45.8 Å². The van der Waals surface area contributed by atoms with Crippen molar-refractivity contribution in [2.45, 2.75) is 37.3 Å². The lowest BCUT2D eigenvalue weighted by molar-refractivity contribution is -0.135. The lowest BCUT2D eigenvalue weighted by Crippen LogP contribution is -2.47. The van der Waals surface area contributed by atoms with Crippen LogP contribution in [0.2, 0.25) is 0 Å². The molecule has 0 bridgehead atoms. The van der Waals surface area contributed by atoms with Crippen LogP contribution in [-0.2, 0) is 19.4 Å². The predicted octanol–water partition coefficient (Wildman–Crippen LogP) is 0.133. The van der Waals surface area contributed by atoms with E-state index >= 15 is 0 Å². The molecule has 1 spiro atoms. The molecule has 7 heteroatoms. The quantitative estimate of drug-likeness (QED) is 0.737. The van der Waals surface area contributed by atoms with Gasteiger partial charge in [0.2, 0.25) is 5.91 Å². The van der Waals surface area contributed by atoms with Crippen LogP contribution < -0.4 is 0 Å². The minimum atomic E-state index is -3.07. The molecule has 2 fully saturated rings. The molecule has 2 heterocycles. The van der Waals surface area contributed by atoms with Crippen LogP contribution in [0.3, 0.4) is 0 Å². The molecule has 0 radical (unpaired) electrons. The summed E-state index contributed by atoms with van der Waals surface area (Å²) in [5.41, 5.74) is -0.0808. The number of rotatable bonds is 4. The predicted molar refractivity (Wildman–Crippen MR) is 80.9 cm³/mol. The number of hydrogen-bond donors (Lipinski definition) is 0. The van der Waals surface area contributed by atoms with Gasteiger partial charge in [-0.05, 0) is 33.4 Å². The van der Waals surface area contributed by atoms with Crippen molar-refractivity contribution in [3.8, 4) is 0 Å². The summed E-state index contributed by atoms with van der Waals surface area (Å²) >= 11 is 0. The van der Waals surface area contributed by atoms with Crippen molar-refractivity contribution < 1.29 is 17.9 Å². The van der Waals surface area contributed by atoms with E-state index in [2.05, 4.69) is 19.0 Å². The second kappa shape index (κ2) is 6.22. The summed E-state index contributed by atoms with van der Waals surface area (Å²) in [6, 6.07) is 0.456. The van der Waals surface area contributed by atoms with Gasteiger partial charge in [-0.2, -0.15) is 0 Å². The SMILES string of the molecule is CN(C)C1COC2(CCN(C(=O)CCS(C)(=O)=O)CC2)C1. The van der Waals surface area contributed by atoms with Gasteiger partial charge in [-0.1, -0.05) is 0 Å². The second-order valence-corrected chi connectivity index (χ2v) is 8.84. The zero-order chi connectivity index (χ0) is 15.7. The zero-order valence-corrected chi connectivity index (χ0v) is 14.0. The van der Waals surface area contributed by atoms with Crippen LogP contribution in [-0.4, -0.2) is 81.6 Å². The van der Waals surface area contributed by atoms with E-state index in [1.54, 1.807) is 4.90 Å². The fraction of sp³-hybridized carbons (Fsp3) is 0.929. The Labute approximate surface area is 127 Å². The normalized spacial score (nSPS) is 25.7. The van der Waals surface area contributed by atoms with Crippen LogP contribution in [0, 0.1) is 0 Å². The van der Waals surface area contributed by atoms with Crippen LogP contribution in [0.1, 0.15) is 25.7 Å². The van der Waals surface area contributed by atoms with E-state index in [0.29, 0.717) is 19.1 Å². The van der Waals surface area contributed by atoms with E-state index in [1.807, 2.05) is 0 Å². The number of carbonyl (C=O) groups is 1. The van der Waals surface area contributed by atoms with Gasteiger partial charge in [-0.3, -0.25) is 4.79 Å². The van der Waals surface area contributed by atoms with Crippen molar-refractivity contribution >= 4 is 15.7 Å². The number of ether oxygens (including phenoxy) is 1. The van der Waals surface area contributed by atoms with Crippen LogP contribution in [0.4, 0.5) is 0 Å². The molecule has 2 saturated heterocycles. The van der Waals surface area contributed by atoms with Crippen LogP contribution >= 0.6 is 0 Å². The van der Waals surface area contributed by atoms with Gasteiger partial charge >= 0.3 is 0 Å². The average Bonchev–Trinajstić information content (AvgIpc) is 2.80. The minimum Gasteiger partial charge on any atom is -0.373 e. The summed E-state index contributed by atoms with van der Waals surface area (Å²) in [5, 5.41) is 0. The Hall–Kier alpha value is -0.660. The molecule has 0 aromatic rings. The topological polar surface area (TPSA) is 66.9 Å². The number of carbonyl (C=O) groups excluding carboxylic acids is 1. The highest BCUT2D eigenvalue weighted by Crippen LogP contribution is 2.37. The molecule has 0 aromatic heterocycles. The molecule has 1 unspecified atom stereocenters. The maximum Gasteiger partial charge on any atom is 0.223 e. The minimum absolute atomic E-state index is 0.0579. The molecule has 2 aliphatic rings. The molecule has 0 aromatic carbocycles. The monoisotopic (exact) mass is 318 g/mol. The van der Waals surface area contributed by atoms with E-state index in [9.17, 15) is 13.2 Å². The standard InChI is InChI=1S/C14H26N2O4S/c1-15(2)12-10-14(20-11-12)5-7-16(8-6-14)13(17)4-9-21(3,18)19/h12H,4-11H2,1-3H3. The number of likely N-dealkylation sites (N-methyl/N-ethyl adjacent to an activating group) is 1. The molecule has 122 valence electrons. The Morgan fingerprint density at radius 3 is 2.43 bits per heavy atom. The fourth-order valence-corrected chi connectivity index (χ4v) is 3.64. The highest BCUT2D eigenvalue weighted by atomic mass is 32.2. The van der Waals surface area contributed by atoms with Gasteiger partial charge in [0.25, 0.3) is 0 Å². The third kappa shape index (κ3) is 4.40. The molecule has 21 heavy (non-hydrogen) atoms. The van der Waals surface area contributed by atoms with Gasteiger partial charge < -0.3 is 14.5 Å². The summed E-state index contributed by atoms with van der Waals surface area (Å²) in [7, 11) is 1.06. The van der Waals surface area contributed by atoms with E-state index in [4.69, 9.17) is 4.74 Å². The summed E-state index contributed by atoms with van der Waals surface area (Å²) < 4.78 is 28.3. The maximum atomic E-state index is 12.0. The van der Waals surface area contributed by atoms with Gasteiger partial charge in [0.05, 0.1) is 18.0 Å². The molecule has 0 aliphatic carbocycles. The van der Waals surface area contributed by atoms with E-state index in [-0.39, 0.29) is 23.7 Å². The lowest BCUT2D eigenvalue weighted by atomic mass is 9.87. The molecule has 2 aliphatic heterocycles. The Balaban J connectivity index is 1.82. The highest BCUT2D eigenvalue weighted by Gasteiger charge is 2.43. The van der Waals surface area contributed by atoms with Crippen molar-refractivity contribution in [1.29, 1.82) is 0 Å². The number of hydrogen-bond acceptors (Lipinski definition) is 5. The van der Waals surface area contributed by atoms with Crippen molar-refractivity contribution in [3.63, 3.8) is 0 Å². The van der Waals surface area contributed by atoms with Gasteiger partial charge in [-0.15, -0.1) is 0 Å². The third-order valence-electron chi connectivity index (χ3n) is 4.63. The first-order valence-corrected chi connectivity index (χ1v) is 9.53. The van der Waals surface area contributed by atoms with Crippen molar-refractivity contribution in [3.05, 3.63) is 0 Å². The number of nitrogens with zero attached hydrogens (tertiary/aromatic N) is 2. The number of likely N-dealkylation sites (tertiary alicyclic amines) is 1. The Morgan fingerprint density at radius 2 is 1.95 bits per heavy atom. The molecule has 2 rings (SSSR count).